The van der Waals surface area contributed by atoms with Gasteiger partial charge in [-0.1, -0.05) is 35.9 Å². The quantitative estimate of drug-likeness (QED) is 0.763. The molecule has 0 bridgehead atoms. The maximum Gasteiger partial charge on any atom is 0.306 e. The van der Waals surface area contributed by atoms with Crippen molar-refractivity contribution in [3.8, 4) is 6.07 Å². The fraction of sp³-hybridized carbons (Fsp3) is 0.316. The SMILES string of the molecule is CCOC(=O)CC(c1ccc(C)cc1)C(C#N)c1cccnc1. The summed E-state index contributed by atoms with van der Waals surface area (Å²) in [7, 11) is 0. The molecule has 4 nitrogen and oxygen atoms in total. The van der Waals surface area contributed by atoms with Gasteiger partial charge in [0.2, 0.25) is 0 Å². The highest BCUT2D eigenvalue weighted by molar-refractivity contribution is 5.71. The summed E-state index contributed by atoms with van der Waals surface area (Å²) in [5.74, 6) is -0.998. The van der Waals surface area contributed by atoms with Crippen molar-refractivity contribution in [2.75, 3.05) is 6.61 Å². The monoisotopic (exact) mass is 308 g/mol. The number of nitrogens with zero attached hydrogens (tertiary/aromatic N) is 2. The molecular formula is C19H20N2O2. The Morgan fingerprint density at radius 2 is 2.00 bits per heavy atom. The van der Waals surface area contributed by atoms with Crippen LogP contribution in [-0.4, -0.2) is 17.6 Å². The number of hydrogen-bond acceptors (Lipinski definition) is 4. The van der Waals surface area contributed by atoms with Crippen LogP contribution in [-0.2, 0) is 9.53 Å². The van der Waals surface area contributed by atoms with E-state index in [4.69, 9.17) is 4.74 Å². The normalized spacial score (nSPS) is 12.9. The summed E-state index contributed by atoms with van der Waals surface area (Å²) < 4.78 is 5.08. The summed E-state index contributed by atoms with van der Waals surface area (Å²) in [6.45, 7) is 4.12. The summed E-state index contributed by atoms with van der Waals surface area (Å²) in [5, 5.41) is 9.68. The van der Waals surface area contributed by atoms with Gasteiger partial charge in [-0.2, -0.15) is 5.26 Å². The van der Waals surface area contributed by atoms with Crippen LogP contribution in [0.3, 0.4) is 0 Å². The van der Waals surface area contributed by atoms with Crippen molar-refractivity contribution >= 4 is 5.97 Å². The summed E-state index contributed by atoms with van der Waals surface area (Å²) in [4.78, 5) is 16.1. The highest BCUT2D eigenvalue weighted by Crippen LogP contribution is 2.35. The number of carbonyl (C=O) groups is 1. The standard InChI is InChI=1S/C19H20N2O2/c1-3-23-19(22)11-17(15-8-6-14(2)7-9-15)18(12-20)16-5-4-10-21-13-16/h4-10,13,17-18H,3,11H2,1-2H3. The van der Waals surface area contributed by atoms with Gasteiger partial charge in [0.1, 0.15) is 0 Å². The van der Waals surface area contributed by atoms with Crippen molar-refractivity contribution < 1.29 is 9.53 Å². The van der Waals surface area contributed by atoms with Gasteiger partial charge in [-0.3, -0.25) is 9.78 Å². The van der Waals surface area contributed by atoms with Gasteiger partial charge in [-0.05, 0) is 31.0 Å². The first-order valence-corrected chi connectivity index (χ1v) is 7.67. The number of rotatable bonds is 6. The predicted molar refractivity (Wildman–Crippen MR) is 87.8 cm³/mol. The molecule has 1 heterocycles. The first kappa shape index (κ1) is 16.7. The lowest BCUT2D eigenvalue weighted by atomic mass is 9.80. The fourth-order valence-corrected chi connectivity index (χ4v) is 2.60. The summed E-state index contributed by atoms with van der Waals surface area (Å²) >= 11 is 0. The van der Waals surface area contributed by atoms with Crippen molar-refractivity contribution in [2.45, 2.75) is 32.1 Å². The van der Waals surface area contributed by atoms with Crippen molar-refractivity contribution in [3.63, 3.8) is 0 Å². The zero-order valence-corrected chi connectivity index (χ0v) is 13.4. The van der Waals surface area contributed by atoms with Gasteiger partial charge in [0.15, 0.2) is 0 Å². The Kier molecular flexibility index (Phi) is 5.87. The molecule has 0 saturated heterocycles. The van der Waals surface area contributed by atoms with E-state index in [1.54, 1.807) is 25.4 Å². The number of carbonyl (C=O) groups excluding carboxylic acids is 1. The largest absolute Gasteiger partial charge is 0.466 e. The van der Waals surface area contributed by atoms with Crippen molar-refractivity contribution in [1.29, 1.82) is 5.26 Å². The minimum absolute atomic E-state index is 0.171. The van der Waals surface area contributed by atoms with Crippen LogP contribution in [0.5, 0.6) is 0 Å². The van der Waals surface area contributed by atoms with E-state index in [1.807, 2.05) is 37.3 Å². The third-order valence-corrected chi connectivity index (χ3v) is 3.78. The van der Waals surface area contributed by atoms with Crippen molar-refractivity contribution in [1.82, 2.24) is 4.98 Å². The molecule has 1 aromatic carbocycles. The molecule has 1 aromatic heterocycles. The molecule has 0 N–H and O–H groups in total. The average Bonchev–Trinajstić information content (AvgIpc) is 2.57. The first-order valence-electron chi connectivity index (χ1n) is 7.67. The molecule has 0 radical (unpaired) electrons. The van der Waals surface area contributed by atoms with Crippen molar-refractivity contribution in [3.05, 3.63) is 65.5 Å². The Bertz CT molecular complexity index is 675. The molecule has 0 aliphatic rings. The summed E-state index contributed by atoms with van der Waals surface area (Å²) in [5.41, 5.74) is 2.91. The Morgan fingerprint density at radius 1 is 1.26 bits per heavy atom. The molecule has 2 aromatic rings. The molecule has 118 valence electrons. The number of hydrogen-bond donors (Lipinski definition) is 0. The van der Waals surface area contributed by atoms with Gasteiger partial charge in [0.25, 0.3) is 0 Å². The van der Waals surface area contributed by atoms with Crippen LogP contribution in [0.2, 0.25) is 0 Å². The van der Waals surface area contributed by atoms with Crippen LogP contribution in [0, 0.1) is 18.3 Å². The first-order chi connectivity index (χ1) is 11.2. The molecule has 0 spiro atoms. The van der Waals surface area contributed by atoms with Gasteiger partial charge in [-0.15, -0.1) is 0 Å². The topological polar surface area (TPSA) is 63.0 Å². The Balaban J connectivity index is 2.37. The second-order valence-electron chi connectivity index (χ2n) is 5.42. The van der Waals surface area contributed by atoms with Gasteiger partial charge in [0.05, 0.1) is 25.0 Å². The van der Waals surface area contributed by atoms with E-state index in [9.17, 15) is 10.1 Å². The molecular weight excluding hydrogens is 288 g/mol. The molecule has 2 unspecified atom stereocenters. The molecule has 0 aliphatic heterocycles. The van der Waals surface area contributed by atoms with Gasteiger partial charge in [-0.25, -0.2) is 0 Å². The lowest BCUT2D eigenvalue weighted by Gasteiger charge is -2.22. The predicted octanol–water partition coefficient (Wildman–Crippen LogP) is 3.73. The highest BCUT2D eigenvalue weighted by Gasteiger charge is 2.28. The number of aryl methyl sites for hydroxylation is 1. The highest BCUT2D eigenvalue weighted by atomic mass is 16.5. The molecule has 4 heteroatoms. The lowest BCUT2D eigenvalue weighted by molar-refractivity contribution is -0.143. The molecule has 0 aliphatic carbocycles. The fourth-order valence-electron chi connectivity index (χ4n) is 2.60. The minimum atomic E-state index is -0.448. The van der Waals surface area contributed by atoms with Crippen LogP contribution in [0.1, 0.15) is 41.9 Å². The molecule has 0 amide bonds. The van der Waals surface area contributed by atoms with Crippen LogP contribution in [0.15, 0.2) is 48.8 Å². The number of aromatic nitrogens is 1. The van der Waals surface area contributed by atoms with E-state index in [1.165, 1.54) is 0 Å². The molecule has 2 atom stereocenters. The van der Waals surface area contributed by atoms with E-state index in [0.717, 1.165) is 16.7 Å². The number of esters is 1. The molecule has 2 rings (SSSR count). The zero-order valence-electron chi connectivity index (χ0n) is 13.4. The Morgan fingerprint density at radius 3 is 2.57 bits per heavy atom. The Hall–Kier alpha value is -2.67. The van der Waals surface area contributed by atoms with E-state index in [-0.39, 0.29) is 18.3 Å². The van der Waals surface area contributed by atoms with Crippen LogP contribution >= 0.6 is 0 Å². The molecule has 23 heavy (non-hydrogen) atoms. The van der Waals surface area contributed by atoms with Gasteiger partial charge >= 0.3 is 5.97 Å². The van der Waals surface area contributed by atoms with Crippen LogP contribution in [0.4, 0.5) is 0 Å². The number of pyridine rings is 1. The van der Waals surface area contributed by atoms with Gasteiger partial charge in [0, 0.05) is 18.3 Å². The maximum absolute atomic E-state index is 12.0. The van der Waals surface area contributed by atoms with Crippen molar-refractivity contribution in [2.24, 2.45) is 0 Å². The van der Waals surface area contributed by atoms with E-state index >= 15 is 0 Å². The van der Waals surface area contributed by atoms with Crippen LogP contribution in [0.25, 0.3) is 0 Å². The smallest absolute Gasteiger partial charge is 0.306 e. The molecule has 0 saturated carbocycles. The van der Waals surface area contributed by atoms with Gasteiger partial charge < -0.3 is 4.74 Å². The summed E-state index contributed by atoms with van der Waals surface area (Å²) in [6.07, 6.45) is 3.52. The number of benzene rings is 1. The van der Waals surface area contributed by atoms with Crippen LogP contribution < -0.4 is 0 Å². The zero-order chi connectivity index (χ0) is 16.7. The third-order valence-electron chi connectivity index (χ3n) is 3.78. The maximum atomic E-state index is 12.0. The Labute approximate surface area is 136 Å². The van der Waals surface area contributed by atoms with E-state index in [0.29, 0.717) is 6.61 Å². The van der Waals surface area contributed by atoms with E-state index in [2.05, 4.69) is 11.1 Å². The van der Waals surface area contributed by atoms with E-state index < -0.39 is 5.92 Å². The second-order valence-corrected chi connectivity index (χ2v) is 5.42. The number of ether oxygens (including phenoxy) is 1. The molecule has 0 fully saturated rings. The average molecular weight is 308 g/mol. The second kappa shape index (κ2) is 8.09. The third kappa shape index (κ3) is 4.40. The summed E-state index contributed by atoms with van der Waals surface area (Å²) in [6, 6.07) is 13.9. The number of nitriles is 1. The lowest BCUT2D eigenvalue weighted by Crippen LogP contribution is -2.16. The minimum Gasteiger partial charge on any atom is -0.466 e.